The van der Waals surface area contributed by atoms with E-state index in [-0.39, 0.29) is 15.7 Å². The van der Waals surface area contributed by atoms with Crippen molar-refractivity contribution in [2.75, 3.05) is 5.32 Å². The number of benzene rings is 2. The summed E-state index contributed by atoms with van der Waals surface area (Å²) >= 11 is 20.8. The molecular formula is C13H6BrCl3FNO. The van der Waals surface area contributed by atoms with Gasteiger partial charge in [0.1, 0.15) is 5.82 Å². The van der Waals surface area contributed by atoms with Crippen LogP contribution in [0.1, 0.15) is 10.4 Å². The predicted octanol–water partition coefficient (Wildman–Crippen LogP) is 5.80. The van der Waals surface area contributed by atoms with E-state index in [0.717, 1.165) is 12.1 Å². The van der Waals surface area contributed by atoms with Gasteiger partial charge in [-0.2, -0.15) is 0 Å². The third-order valence-corrected chi connectivity index (χ3v) is 4.26. The first kappa shape index (κ1) is 15.6. The van der Waals surface area contributed by atoms with Crippen LogP contribution in [-0.2, 0) is 0 Å². The molecule has 0 spiro atoms. The molecule has 0 aliphatic rings. The number of amides is 1. The van der Waals surface area contributed by atoms with Crippen LogP contribution in [0.4, 0.5) is 10.1 Å². The third kappa shape index (κ3) is 3.44. The summed E-state index contributed by atoms with van der Waals surface area (Å²) in [5.41, 5.74) is 0.480. The molecule has 0 radical (unpaired) electrons. The fourth-order valence-corrected chi connectivity index (χ4v) is 2.47. The van der Waals surface area contributed by atoms with Crippen LogP contribution in [0.15, 0.2) is 34.8 Å². The van der Waals surface area contributed by atoms with E-state index in [1.54, 1.807) is 12.1 Å². The maximum atomic E-state index is 13.1. The standard InChI is InChI=1S/C13H6BrCl3FNO/c14-8-2-1-6(3-9(8)15)13(20)19-12-10(16)4-7(18)5-11(12)17/h1-5H,(H,19,20). The summed E-state index contributed by atoms with van der Waals surface area (Å²) in [6.45, 7) is 0. The van der Waals surface area contributed by atoms with Crippen molar-refractivity contribution in [1.29, 1.82) is 0 Å². The highest BCUT2D eigenvalue weighted by molar-refractivity contribution is 9.10. The zero-order valence-electron chi connectivity index (χ0n) is 9.68. The minimum atomic E-state index is -0.579. The van der Waals surface area contributed by atoms with Gasteiger partial charge in [-0.25, -0.2) is 4.39 Å². The number of hydrogen-bond donors (Lipinski definition) is 1. The molecule has 0 bridgehead atoms. The average molecular weight is 397 g/mol. The summed E-state index contributed by atoms with van der Waals surface area (Å²) in [6, 6.07) is 6.85. The van der Waals surface area contributed by atoms with E-state index in [1.165, 1.54) is 6.07 Å². The number of carbonyl (C=O) groups is 1. The molecule has 0 fully saturated rings. The molecule has 2 aromatic carbocycles. The second kappa shape index (κ2) is 6.31. The molecule has 2 rings (SSSR count). The van der Waals surface area contributed by atoms with Crippen molar-refractivity contribution < 1.29 is 9.18 Å². The molecular weight excluding hydrogens is 391 g/mol. The van der Waals surface area contributed by atoms with E-state index in [0.29, 0.717) is 15.1 Å². The number of nitrogens with one attached hydrogen (secondary N) is 1. The Hall–Kier alpha value is -0.810. The van der Waals surface area contributed by atoms with Gasteiger partial charge in [0.05, 0.1) is 20.8 Å². The second-order valence-corrected chi connectivity index (χ2v) is 5.90. The van der Waals surface area contributed by atoms with Crippen molar-refractivity contribution in [3.8, 4) is 0 Å². The minimum absolute atomic E-state index is 0.0200. The van der Waals surface area contributed by atoms with Gasteiger partial charge in [0.25, 0.3) is 5.91 Å². The normalized spacial score (nSPS) is 10.4. The van der Waals surface area contributed by atoms with Crippen molar-refractivity contribution in [2.24, 2.45) is 0 Å². The molecule has 0 aliphatic heterocycles. The lowest BCUT2D eigenvalue weighted by atomic mass is 10.2. The Morgan fingerprint density at radius 2 is 1.65 bits per heavy atom. The average Bonchev–Trinajstić information content (AvgIpc) is 2.36. The van der Waals surface area contributed by atoms with Crippen molar-refractivity contribution in [3.63, 3.8) is 0 Å². The Morgan fingerprint density at radius 3 is 2.20 bits per heavy atom. The van der Waals surface area contributed by atoms with Gasteiger partial charge >= 0.3 is 0 Å². The molecule has 2 nitrogen and oxygen atoms in total. The van der Waals surface area contributed by atoms with E-state index in [9.17, 15) is 9.18 Å². The van der Waals surface area contributed by atoms with Crippen molar-refractivity contribution >= 4 is 62.3 Å². The van der Waals surface area contributed by atoms with Crippen LogP contribution in [0.25, 0.3) is 0 Å². The van der Waals surface area contributed by atoms with Gasteiger partial charge in [0.2, 0.25) is 0 Å². The molecule has 1 N–H and O–H groups in total. The maximum Gasteiger partial charge on any atom is 0.255 e. The van der Waals surface area contributed by atoms with Gasteiger partial charge < -0.3 is 5.32 Å². The molecule has 0 atom stereocenters. The topological polar surface area (TPSA) is 29.1 Å². The van der Waals surface area contributed by atoms with E-state index in [4.69, 9.17) is 34.8 Å². The first-order chi connectivity index (χ1) is 9.38. The summed E-state index contributed by atoms with van der Waals surface area (Å²) in [5, 5.41) is 2.96. The number of carbonyl (C=O) groups excluding carboxylic acids is 1. The lowest BCUT2D eigenvalue weighted by Crippen LogP contribution is -2.12. The van der Waals surface area contributed by atoms with Crippen LogP contribution in [-0.4, -0.2) is 5.91 Å². The Labute approximate surface area is 138 Å². The molecule has 0 unspecified atom stereocenters. The molecule has 1 amide bonds. The van der Waals surface area contributed by atoms with Crippen LogP contribution in [0.5, 0.6) is 0 Å². The smallest absolute Gasteiger partial charge is 0.255 e. The Morgan fingerprint density at radius 1 is 1.05 bits per heavy atom. The summed E-state index contributed by atoms with van der Waals surface area (Å²) < 4.78 is 13.7. The number of anilines is 1. The first-order valence-electron chi connectivity index (χ1n) is 5.29. The van der Waals surface area contributed by atoms with Crippen molar-refractivity contribution in [3.05, 3.63) is 61.3 Å². The molecule has 0 heterocycles. The van der Waals surface area contributed by atoms with Crippen LogP contribution in [0.2, 0.25) is 15.1 Å². The highest BCUT2D eigenvalue weighted by atomic mass is 79.9. The number of halogens is 5. The molecule has 104 valence electrons. The number of rotatable bonds is 2. The molecule has 0 saturated carbocycles. The van der Waals surface area contributed by atoms with E-state index < -0.39 is 11.7 Å². The van der Waals surface area contributed by atoms with E-state index in [1.807, 2.05) is 0 Å². The molecule has 2 aromatic rings. The zero-order chi connectivity index (χ0) is 14.9. The minimum Gasteiger partial charge on any atom is -0.319 e. The summed E-state index contributed by atoms with van der Waals surface area (Å²) in [6.07, 6.45) is 0. The van der Waals surface area contributed by atoms with Gasteiger partial charge in [-0.15, -0.1) is 0 Å². The number of hydrogen-bond acceptors (Lipinski definition) is 1. The maximum absolute atomic E-state index is 13.1. The van der Waals surface area contributed by atoms with Crippen LogP contribution >= 0.6 is 50.7 Å². The first-order valence-corrected chi connectivity index (χ1v) is 7.22. The van der Waals surface area contributed by atoms with Crippen LogP contribution in [0, 0.1) is 5.82 Å². The molecule has 0 aliphatic carbocycles. The van der Waals surface area contributed by atoms with Crippen molar-refractivity contribution in [2.45, 2.75) is 0 Å². The zero-order valence-corrected chi connectivity index (χ0v) is 13.5. The monoisotopic (exact) mass is 395 g/mol. The Bertz CT molecular complexity index is 670. The van der Waals surface area contributed by atoms with Gasteiger partial charge in [-0.3, -0.25) is 4.79 Å². The van der Waals surface area contributed by atoms with Gasteiger partial charge in [0, 0.05) is 10.0 Å². The quantitative estimate of drug-likeness (QED) is 0.682. The molecule has 0 aromatic heterocycles. The third-order valence-electron chi connectivity index (χ3n) is 2.43. The molecule has 0 saturated heterocycles. The SMILES string of the molecule is O=C(Nc1c(Cl)cc(F)cc1Cl)c1ccc(Br)c(Cl)c1. The molecule has 7 heteroatoms. The Kier molecular flexibility index (Phi) is 4.91. The van der Waals surface area contributed by atoms with Gasteiger partial charge in [-0.1, -0.05) is 34.8 Å². The lowest BCUT2D eigenvalue weighted by Gasteiger charge is -2.10. The summed E-state index contributed by atoms with van der Waals surface area (Å²) in [5.74, 6) is -1.03. The van der Waals surface area contributed by atoms with Crippen LogP contribution < -0.4 is 5.32 Å². The summed E-state index contributed by atoms with van der Waals surface area (Å²) in [7, 11) is 0. The predicted molar refractivity (Wildman–Crippen MR) is 83.5 cm³/mol. The highest BCUT2D eigenvalue weighted by Gasteiger charge is 2.14. The fraction of sp³-hybridized carbons (Fsp3) is 0. The Balaban J connectivity index is 2.30. The van der Waals surface area contributed by atoms with E-state index in [2.05, 4.69) is 21.2 Å². The second-order valence-electron chi connectivity index (χ2n) is 3.83. The van der Waals surface area contributed by atoms with E-state index >= 15 is 0 Å². The van der Waals surface area contributed by atoms with Gasteiger partial charge in [-0.05, 0) is 46.3 Å². The fourth-order valence-electron chi connectivity index (χ4n) is 1.48. The largest absolute Gasteiger partial charge is 0.319 e. The van der Waals surface area contributed by atoms with Crippen LogP contribution in [0.3, 0.4) is 0 Å². The van der Waals surface area contributed by atoms with Crippen molar-refractivity contribution in [1.82, 2.24) is 0 Å². The lowest BCUT2D eigenvalue weighted by molar-refractivity contribution is 0.102. The summed E-state index contributed by atoms with van der Waals surface area (Å²) in [4.78, 5) is 12.1. The van der Waals surface area contributed by atoms with Gasteiger partial charge in [0.15, 0.2) is 0 Å². The molecule has 20 heavy (non-hydrogen) atoms. The highest BCUT2D eigenvalue weighted by Crippen LogP contribution is 2.32.